The summed E-state index contributed by atoms with van der Waals surface area (Å²) in [7, 11) is 0. The highest BCUT2D eigenvalue weighted by molar-refractivity contribution is 9.10. The van der Waals surface area contributed by atoms with Crippen LogP contribution in [0.15, 0.2) is 59.2 Å². The SMILES string of the molecule is CC(C)[C@H](CO)Nc1nc(NCc2ccccc2Br)cc(-c2ccccn2)n1. The summed E-state index contributed by atoms with van der Waals surface area (Å²) in [4.78, 5) is 13.6. The van der Waals surface area contributed by atoms with Crippen LogP contribution in [0.1, 0.15) is 19.4 Å². The largest absolute Gasteiger partial charge is 0.394 e. The van der Waals surface area contributed by atoms with Crippen LogP contribution < -0.4 is 10.6 Å². The summed E-state index contributed by atoms with van der Waals surface area (Å²) in [6, 6.07) is 15.5. The Morgan fingerprint density at radius 3 is 2.50 bits per heavy atom. The van der Waals surface area contributed by atoms with Gasteiger partial charge in [0.1, 0.15) is 5.82 Å². The lowest BCUT2D eigenvalue weighted by Crippen LogP contribution is -2.30. The number of hydrogen-bond donors (Lipinski definition) is 3. The second-order valence-corrected chi connectivity index (χ2v) is 7.65. The second-order valence-electron chi connectivity index (χ2n) is 6.80. The van der Waals surface area contributed by atoms with Crippen molar-refractivity contribution < 1.29 is 5.11 Å². The van der Waals surface area contributed by atoms with E-state index in [1.54, 1.807) is 6.20 Å². The van der Waals surface area contributed by atoms with Crippen LogP contribution in [-0.4, -0.2) is 32.7 Å². The van der Waals surface area contributed by atoms with Gasteiger partial charge in [-0.2, -0.15) is 4.98 Å². The molecular weight excluding hydrogens is 418 g/mol. The van der Waals surface area contributed by atoms with Crippen molar-refractivity contribution in [2.24, 2.45) is 5.92 Å². The Hall–Kier alpha value is -2.51. The Bertz CT molecular complexity index is 904. The highest BCUT2D eigenvalue weighted by Gasteiger charge is 2.15. The Morgan fingerprint density at radius 1 is 1.04 bits per heavy atom. The summed E-state index contributed by atoms with van der Waals surface area (Å²) in [5.74, 6) is 1.39. The number of nitrogens with zero attached hydrogens (tertiary/aromatic N) is 3. The first-order valence-electron chi connectivity index (χ1n) is 9.22. The first kappa shape index (κ1) is 20.2. The van der Waals surface area contributed by atoms with Crippen molar-refractivity contribution in [2.75, 3.05) is 17.2 Å². The minimum absolute atomic E-state index is 0.00850. The number of aliphatic hydroxyl groups is 1. The molecule has 1 atom stereocenters. The lowest BCUT2D eigenvalue weighted by atomic mass is 10.1. The predicted molar refractivity (Wildman–Crippen MR) is 116 cm³/mol. The van der Waals surface area contributed by atoms with Crippen molar-refractivity contribution in [1.82, 2.24) is 15.0 Å². The van der Waals surface area contributed by atoms with Gasteiger partial charge in [0.25, 0.3) is 0 Å². The molecule has 0 aliphatic heterocycles. The van der Waals surface area contributed by atoms with Crippen molar-refractivity contribution in [2.45, 2.75) is 26.4 Å². The molecule has 0 aliphatic rings. The Kier molecular flexibility index (Phi) is 6.95. The van der Waals surface area contributed by atoms with E-state index in [9.17, 15) is 5.11 Å². The van der Waals surface area contributed by atoms with Crippen molar-refractivity contribution in [3.05, 3.63) is 64.8 Å². The van der Waals surface area contributed by atoms with Crippen LogP contribution in [0.4, 0.5) is 11.8 Å². The van der Waals surface area contributed by atoms with Gasteiger partial charge in [-0.05, 0) is 29.7 Å². The molecule has 0 unspecified atom stereocenters. The Labute approximate surface area is 173 Å². The van der Waals surface area contributed by atoms with E-state index >= 15 is 0 Å². The maximum Gasteiger partial charge on any atom is 0.225 e. The number of aliphatic hydroxyl groups excluding tert-OH is 1. The molecule has 6 nitrogen and oxygen atoms in total. The summed E-state index contributed by atoms with van der Waals surface area (Å²) >= 11 is 3.57. The zero-order valence-corrected chi connectivity index (χ0v) is 17.5. The summed E-state index contributed by atoms with van der Waals surface area (Å²) in [6.45, 7) is 4.72. The third-order valence-electron chi connectivity index (χ3n) is 4.39. The Morgan fingerprint density at radius 2 is 1.82 bits per heavy atom. The fourth-order valence-corrected chi connectivity index (χ4v) is 3.09. The van der Waals surface area contributed by atoms with E-state index in [1.165, 1.54) is 0 Å². The topological polar surface area (TPSA) is 83.0 Å². The van der Waals surface area contributed by atoms with Crippen LogP contribution in [0.2, 0.25) is 0 Å². The van der Waals surface area contributed by atoms with Crippen LogP contribution in [0.25, 0.3) is 11.4 Å². The first-order valence-corrected chi connectivity index (χ1v) is 10.0. The fraction of sp³-hybridized carbons (Fsp3) is 0.286. The molecule has 0 saturated heterocycles. The van der Waals surface area contributed by atoms with Crippen LogP contribution in [-0.2, 0) is 6.54 Å². The van der Waals surface area contributed by atoms with Crippen molar-refractivity contribution >= 4 is 27.7 Å². The van der Waals surface area contributed by atoms with Gasteiger partial charge in [0.15, 0.2) is 0 Å². The van der Waals surface area contributed by atoms with Gasteiger partial charge in [-0.15, -0.1) is 0 Å². The van der Waals surface area contributed by atoms with Gasteiger partial charge in [0.2, 0.25) is 5.95 Å². The van der Waals surface area contributed by atoms with Gasteiger partial charge in [-0.1, -0.05) is 54.0 Å². The predicted octanol–water partition coefficient (Wildman–Crippen LogP) is 4.34. The smallest absolute Gasteiger partial charge is 0.225 e. The lowest BCUT2D eigenvalue weighted by Gasteiger charge is -2.20. The molecule has 3 rings (SSSR count). The van der Waals surface area contributed by atoms with E-state index in [2.05, 4.69) is 47.6 Å². The maximum atomic E-state index is 9.64. The van der Waals surface area contributed by atoms with E-state index in [0.29, 0.717) is 24.0 Å². The molecule has 0 saturated carbocycles. The second kappa shape index (κ2) is 9.61. The standard InChI is InChI=1S/C21H24BrN5O/c1-14(2)19(13-28)26-21-25-18(17-9-5-6-10-23-17)11-20(27-21)24-12-15-7-3-4-8-16(15)22/h3-11,14,19,28H,12-13H2,1-2H3,(H2,24,25,26,27)/t19-/m0/s1. The number of halogens is 1. The van der Waals surface area contributed by atoms with Crippen molar-refractivity contribution in [3.8, 4) is 11.4 Å². The quantitative estimate of drug-likeness (QED) is 0.482. The van der Waals surface area contributed by atoms with E-state index in [-0.39, 0.29) is 18.6 Å². The highest BCUT2D eigenvalue weighted by Crippen LogP contribution is 2.22. The molecule has 0 amide bonds. The van der Waals surface area contributed by atoms with Crippen molar-refractivity contribution in [3.63, 3.8) is 0 Å². The van der Waals surface area contributed by atoms with Gasteiger partial charge >= 0.3 is 0 Å². The monoisotopic (exact) mass is 441 g/mol. The molecule has 0 radical (unpaired) electrons. The molecule has 0 spiro atoms. The zero-order valence-electron chi connectivity index (χ0n) is 15.9. The summed E-state index contributed by atoms with van der Waals surface area (Å²) in [6.07, 6.45) is 1.74. The molecule has 0 bridgehead atoms. The fourth-order valence-electron chi connectivity index (χ4n) is 2.66. The minimum Gasteiger partial charge on any atom is -0.394 e. The van der Waals surface area contributed by atoms with Crippen LogP contribution in [0.5, 0.6) is 0 Å². The number of benzene rings is 1. The Balaban J connectivity index is 1.89. The number of anilines is 2. The van der Waals surface area contributed by atoms with Gasteiger partial charge in [-0.3, -0.25) is 4.98 Å². The molecule has 0 fully saturated rings. The molecule has 7 heteroatoms. The van der Waals surface area contributed by atoms with Crippen LogP contribution in [0.3, 0.4) is 0 Å². The summed E-state index contributed by atoms with van der Waals surface area (Å²) < 4.78 is 1.04. The number of aromatic nitrogens is 3. The first-order chi connectivity index (χ1) is 13.6. The van der Waals surface area contributed by atoms with E-state index < -0.39 is 0 Å². The van der Waals surface area contributed by atoms with E-state index in [4.69, 9.17) is 0 Å². The maximum absolute atomic E-state index is 9.64. The minimum atomic E-state index is -0.130. The zero-order chi connectivity index (χ0) is 19.9. The van der Waals surface area contributed by atoms with Crippen LogP contribution >= 0.6 is 15.9 Å². The molecule has 28 heavy (non-hydrogen) atoms. The summed E-state index contributed by atoms with van der Waals surface area (Å²) in [5.41, 5.74) is 2.61. The average Bonchev–Trinajstić information content (AvgIpc) is 2.71. The van der Waals surface area contributed by atoms with Gasteiger partial charge in [0, 0.05) is 23.3 Å². The van der Waals surface area contributed by atoms with Crippen LogP contribution in [0, 0.1) is 5.92 Å². The van der Waals surface area contributed by atoms with E-state index in [1.807, 2.05) is 56.3 Å². The van der Waals surface area contributed by atoms with Gasteiger partial charge < -0.3 is 15.7 Å². The van der Waals surface area contributed by atoms with E-state index in [0.717, 1.165) is 15.7 Å². The molecule has 2 aromatic heterocycles. The lowest BCUT2D eigenvalue weighted by molar-refractivity contribution is 0.248. The van der Waals surface area contributed by atoms with Crippen molar-refractivity contribution in [1.29, 1.82) is 0 Å². The molecule has 146 valence electrons. The molecule has 3 N–H and O–H groups in total. The molecular formula is C21H24BrN5O. The highest BCUT2D eigenvalue weighted by atomic mass is 79.9. The number of pyridine rings is 1. The summed E-state index contributed by atoms with van der Waals surface area (Å²) in [5, 5.41) is 16.2. The van der Waals surface area contributed by atoms with Gasteiger partial charge in [-0.25, -0.2) is 4.98 Å². The third-order valence-corrected chi connectivity index (χ3v) is 5.16. The molecule has 2 heterocycles. The third kappa shape index (κ3) is 5.27. The molecule has 1 aromatic carbocycles. The molecule has 0 aliphatic carbocycles. The number of hydrogen-bond acceptors (Lipinski definition) is 6. The van der Waals surface area contributed by atoms with Gasteiger partial charge in [0.05, 0.1) is 24.0 Å². The number of rotatable bonds is 8. The molecule has 3 aromatic rings. The number of nitrogens with one attached hydrogen (secondary N) is 2. The normalized spacial score (nSPS) is 12.0. The average molecular weight is 442 g/mol.